The van der Waals surface area contributed by atoms with Gasteiger partial charge in [0.1, 0.15) is 5.75 Å². The number of hydrogen-bond acceptors (Lipinski definition) is 4. The lowest BCUT2D eigenvalue weighted by Gasteiger charge is -2.18. The molecule has 5 heteroatoms. The Labute approximate surface area is 125 Å². The molecule has 0 aromatic heterocycles. The molecule has 0 bridgehead atoms. The second-order valence-corrected chi connectivity index (χ2v) is 5.80. The molecule has 0 unspecified atom stereocenters. The maximum Gasteiger partial charge on any atom is 0.220 e. The summed E-state index contributed by atoms with van der Waals surface area (Å²) >= 11 is 0. The highest BCUT2D eigenvalue weighted by molar-refractivity contribution is 5.94. The molecule has 1 aromatic carbocycles. The Bertz CT molecular complexity index is 493. The number of nitrogens with one attached hydrogen (secondary N) is 1. The van der Waals surface area contributed by atoms with Crippen molar-refractivity contribution in [3.05, 3.63) is 29.8 Å². The number of nitrogens with two attached hydrogens (primary N) is 1. The summed E-state index contributed by atoms with van der Waals surface area (Å²) in [4.78, 5) is 22.8. The highest BCUT2D eigenvalue weighted by Gasteiger charge is 2.11. The van der Waals surface area contributed by atoms with Crippen LogP contribution in [0, 0.1) is 0 Å². The standard InChI is InChI=1S/C16H24N2O3/c1-12(19)13-6-4-7-14(10-13)21-9-5-8-15(20)18-11-16(2,3)17/h4,6-7,10H,5,8-9,11,17H2,1-3H3,(H,18,20). The molecular formula is C16H24N2O3. The van der Waals surface area contributed by atoms with Crippen LogP contribution >= 0.6 is 0 Å². The molecule has 0 saturated carbocycles. The molecule has 0 spiro atoms. The van der Waals surface area contributed by atoms with Crippen molar-refractivity contribution in [1.82, 2.24) is 5.32 Å². The Hall–Kier alpha value is -1.88. The van der Waals surface area contributed by atoms with Crippen LogP contribution in [0.2, 0.25) is 0 Å². The third-order valence-electron chi connectivity index (χ3n) is 2.80. The van der Waals surface area contributed by atoms with Crippen molar-refractivity contribution in [2.24, 2.45) is 5.73 Å². The number of ketones is 1. The number of benzene rings is 1. The number of Topliss-reactive ketones (excluding diaryl/α,β-unsaturated/α-hetero) is 1. The van der Waals surface area contributed by atoms with Crippen LogP contribution in [0.3, 0.4) is 0 Å². The van der Waals surface area contributed by atoms with Gasteiger partial charge in [0.15, 0.2) is 5.78 Å². The summed E-state index contributed by atoms with van der Waals surface area (Å²) < 4.78 is 5.54. The van der Waals surface area contributed by atoms with Crippen LogP contribution in [0.25, 0.3) is 0 Å². The molecule has 1 aromatic rings. The van der Waals surface area contributed by atoms with E-state index in [0.29, 0.717) is 37.3 Å². The van der Waals surface area contributed by atoms with Gasteiger partial charge in [0.05, 0.1) is 6.61 Å². The van der Waals surface area contributed by atoms with Crippen molar-refractivity contribution >= 4 is 11.7 Å². The summed E-state index contributed by atoms with van der Waals surface area (Å²) in [6, 6.07) is 7.03. The van der Waals surface area contributed by atoms with Crippen molar-refractivity contribution in [3.8, 4) is 5.75 Å². The molecule has 0 saturated heterocycles. The fraction of sp³-hybridized carbons (Fsp3) is 0.500. The average Bonchev–Trinajstić information content (AvgIpc) is 2.41. The first-order valence-electron chi connectivity index (χ1n) is 7.07. The molecule has 0 atom stereocenters. The van der Waals surface area contributed by atoms with E-state index in [2.05, 4.69) is 5.32 Å². The van der Waals surface area contributed by atoms with Crippen LogP contribution in [0.4, 0.5) is 0 Å². The number of hydrogen-bond donors (Lipinski definition) is 2. The molecule has 0 aliphatic heterocycles. The summed E-state index contributed by atoms with van der Waals surface area (Å²) in [5, 5.41) is 2.78. The lowest BCUT2D eigenvalue weighted by atomic mass is 10.1. The molecule has 0 radical (unpaired) electrons. The van der Waals surface area contributed by atoms with E-state index in [1.165, 1.54) is 6.92 Å². The molecule has 0 aliphatic carbocycles. The molecule has 3 N–H and O–H groups in total. The Morgan fingerprint density at radius 1 is 1.33 bits per heavy atom. The lowest BCUT2D eigenvalue weighted by molar-refractivity contribution is -0.121. The van der Waals surface area contributed by atoms with Gasteiger partial charge >= 0.3 is 0 Å². The second kappa shape index (κ2) is 7.78. The Morgan fingerprint density at radius 2 is 2.05 bits per heavy atom. The topological polar surface area (TPSA) is 81.4 Å². The van der Waals surface area contributed by atoms with Crippen LogP contribution in [0.5, 0.6) is 5.75 Å². The Kier molecular flexibility index (Phi) is 6.37. The predicted octanol–water partition coefficient (Wildman–Crippen LogP) is 1.90. The van der Waals surface area contributed by atoms with E-state index < -0.39 is 5.54 Å². The number of carbonyl (C=O) groups is 2. The van der Waals surface area contributed by atoms with Crippen molar-refractivity contribution < 1.29 is 14.3 Å². The quantitative estimate of drug-likeness (QED) is 0.566. The predicted molar refractivity (Wildman–Crippen MR) is 82.5 cm³/mol. The fourth-order valence-electron chi connectivity index (χ4n) is 1.64. The summed E-state index contributed by atoms with van der Waals surface area (Å²) in [7, 11) is 0. The molecular weight excluding hydrogens is 268 g/mol. The number of carbonyl (C=O) groups excluding carboxylic acids is 2. The minimum Gasteiger partial charge on any atom is -0.494 e. The number of rotatable bonds is 8. The van der Waals surface area contributed by atoms with Gasteiger partial charge in [0.2, 0.25) is 5.91 Å². The molecule has 1 amide bonds. The molecule has 0 fully saturated rings. The van der Waals surface area contributed by atoms with E-state index >= 15 is 0 Å². The van der Waals surface area contributed by atoms with Crippen LogP contribution in [0.15, 0.2) is 24.3 Å². The monoisotopic (exact) mass is 292 g/mol. The van der Waals surface area contributed by atoms with Crippen LogP contribution in [0.1, 0.15) is 44.0 Å². The van der Waals surface area contributed by atoms with Gasteiger partial charge in [-0.25, -0.2) is 0 Å². The van der Waals surface area contributed by atoms with Gasteiger partial charge < -0.3 is 15.8 Å². The van der Waals surface area contributed by atoms with Crippen LogP contribution < -0.4 is 15.8 Å². The van der Waals surface area contributed by atoms with E-state index in [4.69, 9.17) is 10.5 Å². The van der Waals surface area contributed by atoms with E-state index in [0.717, 1.165) is 0 Å². The minimum atomic E-state index is -0.403. The van der Waals surface area contributed by atoms with Gasteiger partial charge in [-0.3, -0.25) is 9.59 Å². The van der Waals surface area contributed by atoms with Crippen molar-refractivity contribution in [3.63, 3.8) is 0 Å². The fourth-order valence-corrected chi connectivity index (χ4v) is 1.64. The largest absolute Gasteiger partial charge is 0.494 e. The summed E-state index contributed by atoms with van der Waals surface area (Å²) in [5.74, 6) is 0.616. The zero-order valence-electron chi connectivity index (χ0n) is 12.9. The van der Waals surface area contributed by atoms with Gasteiger partial charge in [0.25, 0.3) is 0 Å². The Balaban J connectivity index is 2.26. The van der Waals surface area contributed by atoms with Gasteiger partial charge in [-0.2, -0.15) is 0 Å². The van der Waals surface area contributed by atoms with Gasteiger partial charge in [-0.1, -0.05) is 12.1 Å². The minimum absolute atomic E-state index is 0.00391. The molecule has 0 heterocycles. The second-order valence-electron chi connectivity index (χ2n) is 5.80. The van der Waals surface area contributed by atoms with Crippen molar-refractivity contribution in [2.45, 2.75) is 39.2 Å². The maximum absolute atomic E-state index is 11.6. The van der Waals surface area contributed by atoms with E-state index in [1.807, 2.05) is 13.8 Å². The smallest absolute Gasteiger partial charge is 0.220 e. The highest BCUT2D eigenvalue weighted by Crippen LogP contribution is 2.14. The zero-order valence-corrected chi connectivity index (χ0v) is 12.9. The third-order valence-corrected chi connectivity index (χ3v) is 2.80. The molecule has 0 aliphatic rings. The SMILES string of the molecule is CC(=O)c1cccc(OCCCC(=O)NCC(C)(C)N)c1. The van der Waals surface area contributed by atoms with Crippen molar-refractivity contribution in [2.75, 3.05) is 13.2 Å². The summed E-state index contributed by atoms with van der Waals surface area (Å²) in [6.07, 6.45) is 1.00. The van der Waals surface area contributed by atoms with Crippen LogP contribution in [-0.2, 0) is 4.79 Å². The number of amides is 1. The third kappa shape index (κ3) is 7.46. The Morgan fingerprint density at radius 3 is 2.67 bits per heavy atom. The molecule has 1 rings (SSSR count). The number of ether oxygens (including phenoxy) is 1. The lowest BCUT2D eigenvalue weighted by Crippen LogP contribution is -2.45. The molecule has 116 valence electrons. The first kappa shape index (κ1) is 17.2. The maximum atomic E-state index is 11.6. The average molecular weight is 292 g/mol. The zero-order chi connectivity index (χ0) is 15.9. The van der Waals surface area contributed by atoms with E-state index in [-0.39, 0.29) is 11.7 Å². The first-order chi connectivity index (χ1) is 9.78. The van der Waals surface area contributed by atoms with E-state index in [9.17, 15) is 9.59 Å². The summed E-state index contributed by atoms with van der Waals surface area (Å²) in [6.45, 7) is 6.12. The van der Waals surface area contributed by atoms with Gasteiger partial charge in [-0.15, -0.1) is 0 Å². The normalized spacial score (nSPS) is 11.0. The van der Waals surface area contributed by atoms with Crippen LogP contribution in [-0.4, -0.2) is 30.4 Å². The van der Waals surface area contributed by atoms with Gasteiger partial charge in [0, 0.05) is 24.1 Å². The van der Waals surface area contributed by atoms with E-state index in [1.54, 1.807) is 24.3 Å². The first-order valence-corrected chi connectivity index (χ1v) is 7.07. The van der Waals surface area contributed by atoms with Gasteiger partial charge in [-0.05, 0) is 39.3 Å². The molecule has 5 nitrogen and oxygen atoms in total. The summed E-state index contributed by atoms with van der Waals surface area (Å²) in [5.41, 5.74) is 6.00. The molecule has 21 heavy (non-hydrogen) atoms. The highest BCUT2D eigenvalue weighted by atomic mass is 16.5. The van der Waals surface area contributed by atoms with Crippen molar-refractivity contribution in [1.29, 1.82) is 0 Å².